The first kappa shape index (κ1) is 11.2. The van der Waals surface area contributed by atoms with Crippen molar-refractivity contribution in [3.8, 4) is 0 Å². The first-order valence-electron chi connectivity index (χ1n) is 6.68. The van der Waals surface area contributed by atoms with E-state index in [0.29, 0.717) is 18.8 Å². The van der Waals surface area contributed by atoms with Gasteiger partial charge in [0.05, 0.1) is 0 Å². The van der Waals surface area contributed by atoms with Crippen molar-refractivity contribution in [2.75, 3.05) is 0 Å². The van der Waals surface area contributed by atoms with E-state index in [2.05, 4.69) is 12.1 Å². The standard InChI is InChI=1S/C15H20FN/c16-15(8-4-7-12(17)10-15)14-9-13(14)11-5-2-1-3-6-11/h1-3,5-6,12-14H,4,7-10,17H2. The Bertz CT molecular complexity index is 391. The van der Waals surface area contributed by atoms with Gasteiger partial charge in [-0.3, -0.25) is 0 Å². The van der Waals surface area contributed by atoms with Gasteiger partial charge in [0.1, 0.15) is 5.67 Å². The Labute approximate surface area is 102 Å². The van der Waals surface area contributed by atoms with Crippen molar-refractivity contribution >= 4 is 0 Å². The van der Waals surface area contributed by atoms with E-state index in [1.54, 1.807) is 0 Å². The normalized spacial score (nSPS) is 41.2. The van der Waals surface area contributed by atoms with Crippen LogP contribution in [-0.2, 0) is 0 Å². The van der Waals surface area contributed by atoms with E-state index >= 15 is 0 Å². The number of halogens is 1. The van der Waals surface area contributed by atoms with Gasteiger partial charge in [-0.25, -0.2) is 4.39 Å². The molecule has 1 aromatic carbocycles. The Morgan fingerprint density at radius 2 is 2.00 bits per heavy atom. The van der Waals surface area contributed by atoms with Crippen LogP contribution >= 0.6 is 0 Å². The fraction of sp³-hybridized carbons (Fsp3) is 0.600. The van der Waals surface area contributed by atoms with Crippen LogP contribution in [0.4, 0.5) is 4.39 Å². The molecule has 0 amide bonds. The van der Waals surface area contributed by atoms with E-state index in [4.69, 9.17) is 5.73 Å². The quantitative estimate of drug-likeness (QED) is 0.832. The monoisotopic (exact) mass is 233 g/mol. The summed E-state index contributed by atoms with van der Waals surface area (Å²) >= 11 is 0. The minimum Gasteiger partial charge on any atom is -0.328 e. The number of nitrogens with two attached hydrogens (primary N) is 1. The number of benzene rings is 1. The molecule has 1 aromatic rings. The fourth-order valence-electron chi connectivity index (χ4n) is 3.47. The maximum absolute atomic E-state index is 14.9. The summed E-state index contributed by atoms with van der Waals surface area (Å²) in [6.45, 7) is 0. The zero-order chi connectivity index (χ0) is 11.9. The van der Waals surface area contributed by atoms with Crippen LogP contribution in [-0.4, -0.2) is 11.7 Å². The van der Waals surface area contributed by atoms with E-state index in [1.807, 2.05) is 18.2 Å². The largest absolute Gasteiger partial charge is 0.328 e. The average molecular weight is 233 g/mol. The molecule has 2 aliphatic rings. The molecule has 1 nitrogen and oxygen atoms in total. The molecule has 0 saturated heterocycles. The van der Waals surface area contributed by atoms with Gasteiger partial charge in [-0.1, -0.05) is 30.3 Å². The van der Waals surface area contributed by atoms with Crippen LogP contribution in [0.3, 0.4) is 0 Å². The smallest absolute Gasteiger partial charge is 0.116 e. The SMILES string of the molecule is NC1CCCC(F)(C2CC2c2ccccc2)C1. The zero-order valence-electron chi connectivity index (χ0n) is 10.1. The highest BCUT2D eigenvalue weighted by Crippen LogP contribution is 2.58. The summed E-state index contributed by atoms with van der Waals surface area (Å²) in [5, 5.41) is 0. The first-order chi connectivity index (χ1) is 8.19. The van der Waals surface area contributed by atoms with Crippen molar-refractivity contribution in [3.63, 3.8) is 0 Å². The molecule has 2 fully saturated rings. The maximum Gasteiger partial charge on any atom is 0.116 e. The molecule has 0 aromatic heterocycles. The molecule has 0 spiro atoms. The van der Waals surface area contributed by atoms with Crippen molar-refractivity contribution in [1.29, 1.82) is 0 Å². The van der Waals surface area contributed by atoms with Gasteiger partial charge in [0, 0.05) is 12.0 Å². The fourth-order valence-corrected chi connectivity index (χ4v) is 3.47. The number of rotatable bonds is 2. The summed E-state index contributed by atoms with van der Waals surface area (Å²) in [5.41, 5.74) is 6.23. The summed E-state index contributed by atoms with van der Waals surface area (Å²) in [7, 11) is 0. The summed E-state index contributed by atoms with van der Waals surface area (Å²) in [4.78, 5) is 0. The van der Waals surface area contributed by atoms with E-state index in [1.165, 1.54) is 5.56 Å². The van der Waals surface area contributed by atoms with Crippen LogP contribution in [0.25, 0.3) is 0 Å². The number of alkyl halides is 1. The molecule has 17 heavy (non-hydrogen) atoms. The lowest BCUT2D eigenvalue weighted by atomic mass is 9.79. The van der Waals surface area contributed by atoms with Crippen LogP contribution < -0.4 is 5.73 Å². The van der Waals surface area contributed by atoms with E-state index in [9.17, 15) is 4.39 Å². The molecule has 0 aliphatic heterocycles. The molecular formula is C15H20FN. The Hall–Kier alpha value is -0.890. The second-order valence-corrected chi connectivity index (χ2v) is 5.75. The van der Waals surface area contributed by atoms with E-state index in [0.717, 1.165) is 19.3 Å². The second-order valence-electron chi connectivity index (χ2n) is 5.75. The van der Waals surface area contributed by atoms with Gasteiger partial charge in [-0.15, -0.1) is 0 Å². The Balaban J connectivity index is 1.72. The molecule has 0 radical (unpaired) electrons. The van der Waals surface area contributed by atoms with Gasteiger partial charge in [-0.2, -0.15) is 0 Å². The van der Waals surface area contributed by atoms with Gasteiger partial charge >= 0.3 is 0 Å². The third kappa shape index (κ3) is 2.11. The highest BCUT2D eigenvalue weighted by atomic mass is 19.1. The summed E-state index contributed by atoms with van der Waals surface area (Å²) in [6.07, 6.45) is 4.24. The Morgan fingerprint density at radius 3 is 2.71 bits per heavy atom. The summed E-state index contributed by atoms with van der Waals surface area (Å²) in [6, 6.07) is 10.4. The van der Waals surface area contributed by atoms with Crippen LogP contribution in [0.1, 0.15) is 43.6 Å². The maximum atomic E-state index is 14.9. The highest BCUT2D eigenvalue weighted by Gasteiger charge is 2.54. The molecular weight excluding hydrogens is 213 g/mol. The van der Waals surface area contributed by atoms with Crippen LogP contribution in [0, 0.1) is 5.92 Å². The van der Waals surface area contributed by atoms with Gasteiger partial charge in [0.15, 0.2) is 0 Å². The predicted molar refractivity (Wildman–Crippen MR) is 67.6 cm³/mol. The lowest BCUT2D eigenvalue weighted by molar-refractivity contribution is 0.0694. The van der Waals surface area contributed by atoms with Gasteiger partial charge < -0.3 is 5.73 Å². The topological polar surface area (TPSA) is 26.0 Å². The summed E-state index contributed by atoms with van der Waals surface area (Å²) in [5.74, 6) is 0.655. The van der Waals surface area contributed by atoms with Crippen molar-refractivity contribution in [1.82, 2.24) is 0 Å². The molecule has 2 heteroatoms. The number of hydrogen-bond donors (Lipinski definition) is 1. The van der Waals surface area contributed by atoms with Gasteiger partial charge in [0.25, 0.3) is 0 Å². The van der Waals surface area contributed by atoms with Gasteiger partial charge in [-0.05, 0) is 43.6 Å². The predicted octanol–water partition coefficient (Wildman–Crippen LogP) is 3.40. The van der Waals surface area contributed by atoms with Crippen molar-refractivity contribution in [2.45, 2.75) is 49.7 Å². The minimum atomic E-state index is -0.988. The van der Waals surface area contributed by atoms with Crippen molar-refractivity contribution in [3.05, 3.63) is 35.9 Å². The highest BCUT2D eigenvalue weighted by molar-refractivity contribution is 5.28. The second kappa shape index (κ2) is 4.09. The minimum absolute atomic E-state index is 0.0748. The molecule has 4 atom stereocenters. The van der Waals surface area contributed by atoms with Crippen LogP contribution in [0.5, 0.6) is 0 Å². The molecule has 0 heterocycles. The van der Waals surface area contributed by atoms with Crippen LogP contribution in [0.2, 0.25) is 0 Å². The van der Waals surface area contributed by atoms with Gasteiger partial charge in [0.2, 0.25) is 0 Å². The lowest BCUT2D eigenvalue weighted by Crippen LogP contribution is -2.39. The third-order valence-electron chi connectivity index (χ3n) is 4.45. The molecule has 2 saturated carbocycles. The average Bonchev–Trinajstić information content (AvgIpc) is 3.10. The van der Waals surface area contributed by atoms with E-state index in [-0.39, 0.29) is 12.0 Å². The molecule has 0 bridgehead atoms. The van der Waals surface area contributed by atoms with Crippen molar-refractivity contribution < 1.29 is 4.39 Å². The molecule has 2 N–H and O–H groups in total. The third-order valence-corrected chi connectivity index (χ3v) is 4.45. The van der Waals surface area contributed by atoms with E-state index < -0.39 is 5.67 Å². The Kier molecular flexibility index (Phi) is 2.70. The molecule has 3 rings (SSSR count). The molecule has 2 aliphatic carbocycles. The molecule has 92 valence electrons. The lowest BCUT2D eigenvalue weighted by Gasteiger charge is -2.33. The van der Waals surface area contributed by atoms with Crippen LogP contribution in [0.15, 0.2) is 30.3 Å². The first-order valence-corrected chi connectivity index (χ1v) is 6.68. The summed E-state index contributed by atoms with van der Waals surface area (Å²) < 4.78 is 14.9. The Morgan fingerprint density at radius 1 is 1.24 bits per heavy atom. The number of hydrogen-bond acceptors (Lipinski definition) is 1. The zero-order valence-corrected chi connectivity index (χ0v) is 10.1. The van der Waals surface area contributed by atoms with Crippen molar-refractivity contribution in [2.24, 2.45) is 11.7 Å². The molecule has 4 unspecified atom stereocenters.